The molecule has 1 fully saturated rings. The number of aliphatic carboxylic acids is 1. The minimum atomic E-state index is -1.02. The summed E-state index contributed by atoms with van der Waals surface area (Å²) in [6.07, 6.45) is 7.39. The Morgan fingerprint density at radius 2 is 1.90 bits per heavy atom. The summed E-state index contributed by atoms with van der Waals surface area (Å²) < 4.78 is 13.6. The number of halogens is 1. The average molecular weight is 277 g/mol. The molecule has 108 valence electrons. The second-order valence-electron chi connectivity index (χ2n) is 5.25. The number of carboxylic acids is 1. The monoisotopic (exact) mass is 277 g/mol. The maximum Gasteiger partial charge on any atom is 0.328 e. The van der Waals surface area contributed by atoms with Crippen LogP contribution in [0, 0.1) is 5.82 Å². The molecule has 1 aromatic rings. The molecule has 0 aromatic heterocycles. The quantitative estimate of drug-likeness (QED) is 0.858. The fourth-order valence-corrected chi connectivity index (χ4v) is 2.58. The van der Waals surface area contributed by atoms with Crippen LogP contribution in [0.15, 0.2) is 24.3 Å². The summed E-state index contributed by atoms with van der Waals surface area (Å²) in [4.78, 5) is 12.8. The molecule has 0 aliphatic carbocycles. The van der Waals surface area contributed by atoms with Crippen molar-refractivity contribution in [1.82, 2.24) is 4.90 Å². The predicted molar refractivity (Wildman–Crippen MR) is 76.8 cm³/mol. The first-order chi connectivity index (χ1) is 9.63. The van der Waals surface area contributed by atoms with Crippen molar-refractivity contribution < 1.29 is 14.3 Å². The number of carboxylic acid groups (broad SMARTS) is 1. The van der Waals surface area contributed by atoms with Crippen molar-refractivity contribution in [3.8, 4) is 0 Å². The van der Waals surface area contributed by atoms with Gasteiger partial charge in [-0.1, -0.05) is 18.9 Å². The van der Waals surface area contributed by atoms with Gasteiger partial charge in [0.25, 0.3) is 0 Å². The Balaban J connectivity index is 2.08. The minimum Gasteiger partial charge on any atom is -0.478 e. The minimum absolute atomic E-state index is 0.317. The molecule has 0 saturated carbocycles. The number of hydrogen-bond donors (Lipinski definition) is 1. The van der Waals surface area contributed by atoms with Crippen LogP contribution < -0.4 is 0 Å². The van der Waals surface area contributed by atoms with Crippen molar-refractivity contribution in [2.45, 2.75) is 32.2 Å². The molecule has 20 heavy (non-hydrogen) atoms. The molecular weight excluding hydrogens is 257 g/mol. The van der Waals surface area contributed by atoms with Gasteiger partial charge in [-0.05, 0) is 55.3 Å². The third-order valence-electron chi connectivity index (χ3n) is 3.50. The van der Waals surface area contributed by atoms with Crippen molar-refractivity contribution in [2.75, 3.05) is 13.1 Å². The third-order valence-corrected chi connectivity index (χ3v) is 3.50. The van der Waals surface area contributed by atoms with Crippen LogP contribution in [0.5, 0.6) is 0 Å². The van der Waals surface area contributed by atoms with Gasteiger partial charge < -0.3 is 5.11 Å². The number of nitrogens with zero attached hydrogens (tertiary/aromatic N) is 1. The van der Waals surface area contributed by atoms with Crippen LogP contribution >= 0.6 is 0 Å². The van der Waals surface area contributed by atoms with Gasteiger partial charge in [-0.15, -0.1) is 0 Å². The average Bonchev–Trinajstić information content (AvgIpc) is 2.64. The highest BCUT2D eigenvalue weighted by molar-refractivity contribution is 5.85. The summed E-state index contributed by atoms with van der Waals surface area (Å²) in [5.74, 6) is -1.34. The Morgan fingerprint density at radius 3 is 2.55 bits per heavy atom. The highest BCUT2D eigenvalue weighted by atomic mass is 19.1. The SMILES string of the molecule is O=C(O)C=Cc1cc(F)cc(CN2CCCCCC2)c1. The maximum atomic E-state index is 13.6. The second kappa shape index (κ2) is 7.20. The van der Waals surface area contributed by atoms with Gasteiger partial charge in [0.05, 0.1) is 0 Å². The molecule has 1 aliphatic heterocycles. The summed E-state index contributed by atoms with van der Waals surface area (Å²) in [6.45, 7) is 2.83. The third kappa shape index (κ3) is 4.78. The lowest BCUT2D eigenvalue weighted by Gasteiger charge is -2.20. The summed E-state index contributed by atoms with van der Waals surface area (Å²) in [7, 11) is 0. The lowest BCUT2D eigenvalue weighted by atomic mass is 10.1. The van der Waals surface area contributed by atoms with E-state index in [1.54, 1.807) is 0 Å². The standard InChI is InChI=1S/C16H20FNO2/c17-15-10-13(5-6-16(19)20)9-14(11-15)12-18-7-3-1-2-4-8-18/h5-6,9-11H,1-4,7-8,12H2,(H,19,20). The number of benzene rings is 1. The van der Waals surface area contributed by atoms with E-state index >= 15 is 0 Å². The van der Waals surface area contributed by atoms with Gasteiger partial charge in [0.2, 0.25) is 0 Å². The molecule has 3 nitrogen and oxygen atoms in total. The van der Waals surface area contributed by atoms with E-state index in [0.29, 0.717) is 5.56 Å². The van der Waals surface area contributed by atoms with E-state index in [0.717, 1.165) is 31.3 Å². The molecule has 1 aromatic carbocycles. The van der Waals surface area contributed by atoms with Gasteiger partial charge in [0.15, 0.2) is 0 Å². The molecule has 1 aliphatic rings. The number of rotatable bonds is 4. The van der Waals surface area contributed by atoms with Crippen molar-refractivity contribution >= 4 is 12.0 Å². The molecular formula is C16H20FNO2. The molecule has 0 radical (unpaired) electrons. The van der Waals surface area contributed by atoms with Gasteiger partial charge >= 0.3 is 5.97 Å². The molecule has 0 unspecified atom stereocenters. The fourth-order valence-electron chi connectivity index (χ4n) is 2.58. The zero-order valence-electron chi connectivity index (χ0n) is 11.5. The zero-order chi connectivity index (χ0) is 14.4. The first-order valence-corrected chi connectivity index (χ1v) is 7.06. The Labute approximate surface area is 118 Å². The molecule has 1 heterocycles. The molecule has 0 atom stereocenters. The number of carbonyl (C=O) groups is 1. The largest absolute Gasteiger partial charge is 0.478 e. The van der Waals surface area contributed by atoms with E-state index in [4.69, 9.17) is 5.11 Å². The molecule has 4 heteroatoms. The van der Waals surface area contributed by atoms with Gasteiger partial charge in [-0.2, -0.15) is 0 Å². The van der Waals surface area contributed by atoms with E-state index < -0.39 is 5.97 Å². The normalized spacial score (nSPS) is 17.2. The van der Waals surface area contributed by atoms with Crippen LogP contribution in [0.1, 0.15) is 36.8 Å². The van der Waals surface area contributed by atoms with Gasteiger partial charge in [-0.25, -0.2) is 9.18 Å². The smallest absolute Gasteiger partial charge is 0.328 e. The lowest BCUT2D eigenvalue weighted by molar-refractivity contribution is -0.131. The number of likely N-dealkylation sites (tertiary alicyclic amines) is 1. The van der Waals surface area contributed by atoms with Gasteiger partial charge in [-0.3, -0.25) is 4.90 Å². The van der Waals surface area contributed by atoms with Crippen LogP contribution in [0.4, 0.5) is 4.39 Å². The number of hydrogen-bond acceptors (Lipinski definition) is 2. The summed E-state index contributed by atoms with van der Waals surface area (Å²) in [5, 5.41) is 8.62. The van der Waals surface area contributed by atoms with Gasteiger partial charge in [0.1, 0.15) is 5.82 Å². The Hall–Kier alpha value is -1.68. The molecule has 1 saturated heterocycles. The van der Waals surface area contributed by atoms with E-state index in [1.165, 1.54) is 43.9 Å². The van der Waals surface area contributed by atoms with E-state index in [9.17, 15) is 9.18 Å². The first kappa shape index (κ1) is 14.7. The van der Waals surface area contributed by atoms with Crippen LogP contribution in [0.25, 0.3) is 6.08 Å². The highest BCUT2D eigenvalue weighted by Gasteiger charge is 2.10. The summed E-state index contributed by atoms with van der Waals surface area (Å²) in [5.41, 5.74) is 1.49. The molecule has 0 bridgehead atoms. The second-order valence-corrected chi connectivity index (χ2v) is 5.25. The van der Waals surface area contributed by atoms with E-state index in [1.807, 2.05) is 6.07 Å². The Bertz CT molecular complexity index is 491. The topological polar surface area (TPSA) is 40.5 Å². The Kier molecular flexibility index (Phi) is 5.30. The van der Waals surface area contributed by atoms with Gasteiger partial charge in [0, 0.05) is 12.6 Å². The van der Waals surface area contributed by atoms with Crippen LogP contribution in [0.3, 0.4) is 0 Å². The molecule has 0 spiro atoms. The lowest BCUT2D eigenvalue weighted by Crippen LogP contribution is -2.24. The van der Waals surface area contributed by atoms with Crippen LogP contribution in [0.2, 0.25) is 0 Å². The Morgan fingerprint density at radius 1 is 1.20 bits per heavy atom. The van der Waals surface area contributed by atoms with Crippen molar-refractivity contribution in [3.63, 3.8) is 0 Å². The van der Waals surface area contributed by atoms with Crippen molar-refractivity contribution in [2.24, 2.45) is 0 Å². The molecule has 2 rings (SSSR count). The molecule has 0 amide bonds. The fraction of sp³-hybridized carbons (Fsp3) is 0.438. The van der Waals surface area contributed by atoms with Crippen LogP contribution in [-0.4, -0.2) is 29.1 Å². The zero-order valence-corrected chi connectivity index (χ0v) is 11.5. The van der Waals surface area contributed by atoms with Crippen LogP contribution in [-0.2, 0) is 11.3 Å². The summed E-state index contributed by atoms with van der Waals surface area (Å²) in [6, 6.07) is 4.74. The van der Waals surface area contributed by atoms with E-state index in [-0.39, 0.29) is 5.82 Å². The van der Waals surface area contributed by atoms with Crippen molar-refractivity contribution in [1.29, 1.82) is 0 Å². The predicted octanol–water partition coefficient (Wildman–Crippen LogP) is 3.30. The highest BCUT2D eigenvalue weighted by Crippen LogP contribution is 2.16. The van der Waals surface area contributed by atoms with Crippen molar-refractivity contribution in [3.05, 3.63) is 41.2 Å². The molecule has 1 N–H and O–H groups in total. The summed E-state index contributed by atoms with van der Waals surface area (Å²) >= 11 is 0. The van der Waals surface area contributed by atoms with E-state index in [2.05, 4.69) is 4.90 Å². The first-order valence-electron chi connectivity index (χ1n) is 7.06. The maximum absolute atomic E-state index is 13.6.